The quantitative estimate of drug-likeness (QED) is 0.413. The summed E-state index contributed by atoms with van der Waals surface area (Å²) < 4.78 is 30.7. The fourth-order valence-electron chi connectivity index (χ4n) is 5.23. The van der Waals surface area contributed by atoms with Gasteiger partial charge in [0.25, 0.3) is 10.0 Å². The van der Waals surface area contributed by atoms with Crippen molar-refractivity contribution in [2.24, 2.45) is 18.4 Å². The van der Waals surface area contributed by atoms with Gasteiger partial charge in [-0.1, -0.05) is 17.7 Å². The number of rotatable bonds is 5. The van der Waals surface area contributed by atoms with Crippen LogP contribution in [0.3, 0.4) is 0 Å². The van der Waals surface area contributed by atoms with Crippen molar-refractivity contribution in [2.45, 2.75) is 31.1 Å². The lowest BCUT2D eigenvalue weighted by atomic mass is 9.83. The summed E-state index contributed by atoms with van der Waals surface area (Å²) in [6.07, 6.45) is 7.09. The van der Waals surface area contributed by atoms with E-state index in [2.05, 4.69) is 16.2 Å². The molecule has 1 amide bonds. The van der Waals surface area contributed by atoms with Gasteiger partial charge in [-0.05, 0) is 56.4 Å². The number of pyridine rings is 1. The molecule has 1 aliphatic carbocycles. The monoisotopic (exact) mass is 500 g/mol. The van der Waals surface area contributed by atoms with Crippen LogP contribution in [0.25, 0.3) is 22.3 Å². The maximum Gasteiger partial charge on any atom is 0.269 e. The van der Waals surface area contributed by atoms with Crippen molar-refractivity contribution in [1.29, 1.82) is 5.26 Å². The number of aryl methyl sites for hydroxylation is 2. The summed E-state index contributed by atoms with van der Waals surface area (Å²) in [5.41, 5.74) is 1.74. The van der Waals surface area contributed by atoms with Gasteiger partial charge in [-0.25, -0.2) is 17.4 Å². The van der Waals surface area contributed by atoms with Crippen LogP contribution < -0.4 is 4.90 Å². The van der Waals surface area contributed by atoms with E-state index >= 15 is 0 Å². The van der Waals surface area contributed by atoms with Crippen LogP contribution in [0.1, 0.15) is 24.8 Å². The molecule has 1 saturated heterocycles. The van der Waals surface area contributed by atoms with E-state index in [1.54, 1.807) is 65.4 Å². The van der Waals surface area contributed by atoms with Gasteiger partial charge in [0.2, 0.25) is 5.91 Å². The molecule has 1 saturated carbocycles. The van der Waals surface area contributed by atoms with E-state index in [9.17, 15) is 18.5 Å². The molecule has 6 rings (SSSR count). The van der Waals surface area contributed by atoms with Crippen molar-refractivity contribution in [3.63, 3.8) is 0 Å². The second-order valence-electron chi connectivity index (χ2n) is 9.65. The molecule has 182 valence electrons. The minimum Gasteiger partial charge on any atom is -0.310 e. The molecule has 2 aliphatic rings. The average Bonchev–Trinajstić information content (AvgIpc) is 3.36. The van der Waals surface area contributed by atoms with Gasteiger partial charge in [-0.3, -0.25) is 9.48 Å². The number of hydrogen-bond donors (Lipinski definition) is 0. The van der Waals surface area contributed by atoms with Crippen LogP contribution in [-0.2, 0) is 21.9 Å². The van der Waals surface area contributed by atoms with E-state index in [4.69, 9.17) is 0 Å². The van der Waals surface area contributed by atoms with Gasteiger partial charge in [-0.2, -0.15) is 10.4 Å². The molecule has 0 radical (unpaired) electrons. The lowest BCUT2D eigenvalue weighted by molar-refractivity contribution is -0.123. The van der Waals surface area contributed by atoms with Crippen LogP contribution in [0, 0.1) is 29.6 Å². The minimum atomic E-state index is -4.03. The number of hydrogen-bond acceptors (Lipinski definition) is 6. The third kappa shape index (κ3) is 3.19. The number of carbonyl (C=O) groups excluding carboxylic acids is 1. The van der Waals surface area contributed by atoms with Crippen molar-refractivity contribution in [1.82, 2.24) is 18.7 Å². The molecule has 0 unspecified atom stereocenters. The highest BCUT2D eigenvalue weighted by atomic mass is 32.2. The average molecular weight is 501 g/mol. The largest absolute Gasteiger partial charge is 0.310 e. The van der Waals surface area contributed by atoms with Crippen molar-refractivity contribution < 1.29 is 13.2 Å². The molecule has 1 aliphatic heterocycles. The van der Waals surface area contributed by atoms with Gasteiger partial charge in [0.05, 0.1) is 28.5 Å². The molecule has 1 aromatic carbocycles. The van der Waals surface area contributed by atoms with Crippen LogP contribution in [0.2, 0.25) is 0 Å². The van der Waals surface area contributed by atoms with Gasteiger partial charge >= 0.3 is 0 Å². The van der Waals surface area contributed by atoms with E-state index in [1.807, 2.05) is 6.92 Å². The van der Waals surface area contributed by atoms with Gasteiger partial charge in [-0.15, -0.1) is 0 Å². The molecule has 10 heteroatoms. The zero-order chi connectivity index (χ0) is 25.2. The Morgan fingerprint density at radius 2 is 1.92 bits per heavy atom. The Labute approximate surface area is 208 Å². The fourth-order valence-corrected chi connectivity index (χ4v) is 6.71. The number of aromatic nitrogens is 4. The summed E-state index contributed by atoms with van der Waals surface area (Å²) >= 11 is 0. The molecule has 0 spiro atoms. The maximum atomic E-state index is 13.9. The second kappa shape index (κ2) is 7.77. The molecule has 2 fully saturated rings. The predicted molar refractivity (Wildman–Crippen MR) is 133 cm³/mol. The van der Waals surface area contributed by atoms with Crippen LogP contribution in [-0.4, -0.2) is 39.6 Å². The van der Waals surface area contributed by atoms with E-state index in [0.717, 1.165) is 18.4 Å². The van der Waals surface area contributed by atoms with Crippen molar-refractivity contribution in [2.75, 3.05) is 11.4 Å². The van der Waals surface area contributed by atoms with Crippen LogP contribution in [0.4, 0.5) is 5.69 Å². The van der Waals surface area contributed by atoms with Crippen molar-refractivity contribution in [3.8, 4) is 17.3 Å². The predicted octanol–water partition coefficient (Wildman–Crippen LogP) is 3.64. The summed E-state index contributed by atoms with van der Waals surface area (Å²) in [5, 5.41) is 14.7. The summed E-state index contributed by atoms with van der Waals surface area (Å²) in [6, 6.07) is 12.4. The first-order chi connectivity index (χ1) is 17.3. The molecule has 4 heterocycles. The Balaban J connectivity index is 1.58. The number of benzene rings is 1. The number of nitriles is 1. The van der Waals surface area contributed by atoms with E-state index in [0.29, 0.717) is 35.3 Å². The SMILES string of the molecule is Cc1ccc(S(=O)(=O)n2c(-c3cnn(C)c3)cc3c(N4CC[C@](C#N)(C5CC5)C4=O)ccnc32)cc1. The zero-order valence-electron chi connectivity index (χ0n) is 19.9. The molecule has 4 aromatic rings. The normalized spacial score (nSPS) is 20.2. The smallest absolute Gasteiger partial charge is 0.269 e. The lowest BCUT2D eigenvalue weighted by Crippen LogP contribution is -2.35. The summed E-state index contributed by atoms with van der Waals surface area (Å²) in [5.74, 6) is -0.119. The van der Waals surface area contributed by atoms with Gasteiger partial charge < -0.3 is 4.90 Å². The molecule has 3 aromatic heterocycles. The van der Waals surface area contributed by atoms with E-state index in [-0.39, 0.29) is 22.4 Å². The second-order valence-corrected chi connectivity index (χ2v) is 11.4. The van der Waals surface area contributed by atoms with Crippen molar-refractivity contribution in [3.05, 3.63) is 60.6 Å². The number of carbonyl (C=O) groups is 1. The Morgan fingerprint density at radius 3 is 2.56 bits per heavy atom. The number of nitrogens with zero attached hydrogens (tertiary/aromatic N) is 6. The summed E-state index contributed by atoms with van der Waals surface area (Å²) in [6.45, 7) is 2.30. The number of amides is 1. The third-order valence-electron chi connectivity index (χ3n) is 7.32. The Morgan fingerprint density at radius 1 is 1.17 bits per heavy atom. The summed E-state index contributed by atoms with van der Waals surface area (Å²) in [4.78, 5) is 19.8. The molecule has 9 nitrogen and oxygen atoms in total. The first-order valence-corrected chi connectivity index (χ1v) is 13.3. The molecule has 0 N–H and O–H groups in total. The first-order valence-electron chi connectivity index (χ1n) is 11.8. The standard InChI is InChI=1S/C26H24N6O3S/c1-17-3-7-20(8-4-17)36(34,35)32-23(18-14-29-30(2)15-18)13-21-22(9-11-28-24(21)32)31-12-10-26(16-27,25(31)33)19-5-6-19/h3-4,7-9,11,13-15,19H,5-6,10,12H2,1-2H3/t26-/m0/s1. The Hall–Kier alpha value is -3.97. The van der Waals surface area contributed by atoms with Gasteiger partial charge in [0.1, 0.15) is 5.41 Å². The molecule has 36 heavy (non-hydrogen) atoms. The highest BCUT2D eigenvalue weighted by Crippen LogP contribution is 2.52. The highest BCUT2D eigenvalue weighted by Gasteiger charge is 2.57. The van der Waals surface area contributed by atoms with Crippen LogP contribution in [0.15, 0.2) is 59.9 Å². The molecular weight excluding hydrogens is 476 g/mol. The van der Waals surface area contributed by atoms with Crippen LogP contribution >= 0.6 is 0 Å². The summed E-state index contributed by atoms with van der Waals surface area (Å²) in [7, 11) is -2.27. The Kier molecular flexibility index (Phi) is 4.85. The lowest BCUT2D eigenvalue weighted by Gasteiger charge is -2.21. The van der Waals surface area contributed by atoms with Gasteiger partial charge in [0, 0.05) is 36.9 Å². The minimum absolute atomic E-state index is 0.0924. The molecular formula is C26H24N6O3S. The molecule has 0 bridgehead atoms. The topological polar surface area (TPSA) is 114 Å². The number of anilines is 1. The van der Waals surface area contributed by atoms with Crippen molar-refractivity contribution >= 4 is 32.7 Å². The highest BCUT2D eigenvalue weighted by molar-refractivity contribution is 7.90. The fraction of sp³-hybridized carbons (Fsp3) is 0.308. The zero-order valence-corrected chi connectivity index (χ0v) is 20.7. The van der Waals surface area contributed by atoms with Crippen LogP contribution in [0.5, 0.6) is 0 Å². The third-order valence-corrected chi connectivity index (χ3v) is 9.04. The Bertz CT molecular complexity index is 1670. The number of fused-ring (bicyclic) bond motifs is 1. The molecule has 1 atom stereocenters. The van der Waals surface area contributed by atoms with Gasteiger partial charge in [0.15, 0.2) is 5.65 Å². The van der Waals surface area contributed by atoms with E-state index < -0.39 is 15.4 Å². The maximum absolute atomic E-state index is 13.9. The first kappa shape index (κ1) is 22.5. The van der Waals surface area contributed by atoms with E-state index in [1.165, 1.54) is 10.2 Å².